The van der Waals surface area contributed by atoms with Gasteiger partial charge in [0, 0.05) is 44.4 Å². The van der Waals surface area contributed by atoms with Crippen LogP contribution in [0.3, 0.4) is 0 Å². The highest BCUT2D eigenvalue weighted by atomic mass is 16.5. The highest BCUT2D eigenvalue weighted by molar-refractivity contribution is 5.81. The second-order valence-electron chi connectivity index (χ2n) is 5.53. The van der Waals surface area contributed by atoms with Crippen molar-refractivity contribution in [3.63, 3.8) is 0 Å². The average Bonchev–Trinajstić information content (AvgIpc) is 3.24. The molecule has 6 nitrogen and oxygen atoms in total. The Bertz CT molecular complexity index is 500. The number of hydrogen-bond acceptors (Lipinski definition) is 5. The highest BCUT2D eigenvalue weighted by Crippen LogP contribution is 2.39. The van der Waals surface area contributed by atoms with Gasteiger partial charge < -0.3 is 14.5 Å². The van der Waals surface area contributed by atoms with Crippen molar-refractivity contribution in [2.24, 2.45) is 11.8 Å². The Labute approximate surface area is 118 Å². The molecule has 0 radical (unpaired) electrons. The van der Waals surface area contributed by atoms with Gasteiger partial charge in [0.1, 0.15) is 0 Å². The van der Waals surface area contributed by atoms with Crippen molar-refractivity contribution < 1.29 is 9.53 Å². The van der Waals surface area contributed by atoms with Gasteiger partial charge in [-0.25, -0.2) is 4.98 Å². The maximum Gasteiger partial charge on any atom is 0.228 e. The smallest absolute Gasteiger partial charge is 0.228 e. The summed E-state index contributed by atoms with van der Waals surface area (Å²) in [5, 5.41) is 0. The van der Waals surface area contributed by atoms with E-state index in [1.54, 1.807) is 19.4 Å². The lowest BCUT2D eigenvalue weighted by Crippen LogP contribution is -2.49. The number of carbonyl (C=O) groups is 1. The summed E-state index contributed by atoms with van der Waals surface area (Å²) in [6, 6.07) is 1.73. The minimum absolute atomic E-state index is 0.273. The molecule has 2 atom stereocenters. The molecule has 108 valence electrons. The van der Waals surface area contributed by atoms with Crippen molar-refractivity contribution in [2.75, 3.05) is 38.2 Å². The van der Waals surface area contributed by atoms with Crippen LogP contribution >= 0.6 is 0 Å². The molecule has 2 aliphatic rings. The summed E-state index contributed by atoms with van der Waals surface area (Å²) in [6.07, 6.45) is 2.75. The van der Waals surface area contributed by atoms with E-state index in [4.69, 9.17) is 4.74 Å². The first-order valence-electron chi connectivity index (χ1n) is 7.10. The van der Waals surface area contributed by atoms with Crippen molar-refractivity contribution in [1.29, 1.82) is 0 Å². The van der Waals surface area contributed by atoms with Crippen LogP contribution in [0.15, 0.2) is 12.3 Å². The third kappa shape index (κ3) is 2.55. The van der Waals surface area contributed by atoms with E-state index in [2.05, 4.69) is 21.8 Å². The van der Waals surface area contributed by atoms with Gasteiger partial charge in [-0.2, -0.15) is 4.98 Å². The van der Waals surface area contributed by atoms with Crippen LogP contribution in [-0.4, -0.2) is 54.1 Å². The summed E-state index contributed by atoms with van der Waals surface area (Å²) in [6.45, 7) is 5.20. The molecule has 1 aromatic heterocycles. The lowest BCUT2D eigenvalue weighted by atomic mass is 10.2. The Morgan fingerprint density at radius 3 is 2.65 bits per heavy atom. The topological polar surface area (TPSA) is 58.6 Å². The van der Waals surface area contributed by atoms with Crippen LogP contribution in [0, 0.1) is 11.8 Å². The largest absolute Gasteiger partial charge is 0.481 e. The van der Waals surface area contributed by atoms with Crippen LogP contribution < -0.4 is 9.64 Å². The van der Waals surface area contributed by atoms with E-state index in [0.717, 1.165) is 32.6 Å². The Hall–Kier alpha value is -1.85. The van der Waals surface area contributed by atoms with Crippen LogP contribution in [-0.2, 0) is 4.79 Å². The molecule has 2 heterocycles. The van der Waals surface area contributed by atoms with Crippen molar-refractivity contribution in [1.82, 2.24) is 14.9 Å². The van der Waals surface area contributed by atoms with Gasteiger partial charge >= 0.3 is 0 Å². The van der Waals surface area contributed by atoms with E-state index in [1.807, 2.05) is 4.90 Å². The van der Waals surface area contributed by atoms with Gasteiger partial charge in [-0.05, 0) is 12.3 Å². The van der Waals surface area contributed by atoms with Crippen molar-refractivity contribution in [3.8, 4) is 5.88 Å². The molecule has 20 heavy (non-hydrogen) atoms. The van der Waals surface area contributed by atoms with E-state index < -0.39 is 0 Å². The summed E-state index contributed by atoms with van der Waals surface area (Å²) in [5.41, 5.74) is 0. The van der Waals surface area contributed by atoms with Gasteiger partial charge in [0.2, 0.25) is 17.7 Å². The molecular formula is C14H20N4O2. The molecule has 1 aliphatic heterocycles. The zero-order valence-corrected chi connectivity index (χ0v) is 12.0. The molecule has 3 rings (SSSR count). The quantitative estimate of drug-likeness (QED) is 0.817. The first-order valence-corrected chi connectivity index (χ1v) is 7.10. The zero-order chi connectivity index (χ0) is 14.1. The molecule has 6 heteroatoms. The monoisotopic (exact) mass is 276 g/mol. The molecule has 0 aromatic carbocycles. The predicted octanol–water partition coefficient (Wildman–Crippen LogP) is 0.790. The first kappa shape index (κ1) is 13.1. The maximum absolute atomic E-state index is 12.2. The molecule has 0 bridgehead atoms. The van der Waals surface area contributed by atoms with Crippen molar-refractivity contribution >= 4 is 11.9 Å². The zero-order valence-electron chi connectivity index (χ0n) is 12.0. The van der Waals surface area contributed by atoms with Crippen LogP contribution in [0.5, 0.6) is 5.88 Å². The SMILES string of the molecule is COc1ccnc(N2CCN(C(=O)[C@H]3C[C@@H]3C)CC2)n1. The molecule has 0 unspecified atom stereocenters. The molecule has 1 aliphatic carbocycles. The number of anilines is 1. The summed E-state index contributed by atoms with van der Waals surface area (Å²) in [5.74, 6) is 2.41. The fourth-order valence-electron chi connectivity index (χ4n) is 2.63. The van der Waals surface area contributed by atoms with Gasteiger partial charge in [-0.3, -0.25) is 4.79 Å². The third-order valence-electron chi connectivity index (χ3n) is 4.13. The fourth-order valence-corrected chi connectivity index (χ4v) is 2.63. The lowest BCUT2D eigenvalue weighted by molar-refractivity contribution is -0.133. The third-order valence-corrected chi connectivity index (χ3v) is 4.13. The number of amides is 1. The Balaban J connectivity index is 1.59. The van der Waals surface area contributed by atoms with E-state index >= 15 is 0 Å². The predicted molar refractivity (Wildman–Crippen MR) is 74.6 cm³/mol. The van der Waals surface area contributed by atoms with Crippen molar-refractivity contribution in [2.45, 2.75) is 13.3 Å². The minimum Gasteiger partial charge on any atom is -0.481 e. The summed E-state index contributed by atoms with van der Waals surface area (Å²) < 4.78 is 5.11. The molecule has 1 aromatic rings. The average molecular weight is 276 g/mol. The maximum atomic E-state index is 12.2. The van der Waals surface area contributed by atoms with Gasteiger partial charge in [-0.1, -0.05) is 6.92 Å². The van der Waals surface area contributed by atoms with Crippen molar-refractivity contribution in [3.05, 3.63) is 12.3 Å². The normalized spacial score (nSPS) is 25.5. The molecular weight excluding hydrogens is 256 g/mol. The van der Waals surface area contributed by atoms with E-state index in [-0.39, 0.29) is 5.92 Å². The first-order chi connectivity index (χ1) is 9.69. The Kier molecular flexibility index (Phi) is 3.46. The number of rotatable bonds is 3. The molecule has 0 N–H and O–H groups in total. The van der Waals surface area contributed by atoms with Crippen LogP contribution in [0.4, 0.5) is 5.95 Å². The van der Waals surface area contributed by atoms with E-state index in [0.29, 0.717) is 23.7 Å². The van der Waals surface area contributed by atoms with E-state index in [1.165, 1.54) is 0 Å². The number of hydrogen-bond donors (Lipinski definition) is 0. The lowest BCUT2D eigenvalue weighted by Gasteiger charge is -2.34. The fraction of sp³-hybridized carbons (Fsp3) is 0.643. The van der Waals surface area contributed by atoms with Gasteiger partial charge in [0.25, 0.3) is 0 Å². The van der Waals surface area contributed by atoms with Gasteiger partial charge in [0.15, 0.2) is 0 Å². The molecule has 1 saturated heterocycles. The number of methoxy groups -OCH3 is 1. The van der Waals surface area contributed by atoms with Gasteiger partial charge in [0.05, 0.1) is 7.11 Å². The van der Waals surface area contributed by atoms with Crippen LogP contribution in [0.25, 0.3) is 0 Å². The van der Waals surface area contributed by atoms with E-state index in [9.17, 15) is 4.79 Å². The Morgan fingerprint density at radius 2 is 2.05 bits per heavy atom. The highest BCUT2D eigenvalue weighted by Gasteiger charge is 2.42. The second-order valence-corrected chi connectivity index (χ2v) is 5.53. The number of piperazine rings is 1. The standard InChI is InChI=1S/C14H20N4O2/c1-10-9-11(10)13(19)17-5-7-18(8-6-17)14-15-4-3-12(16-14)20-2/h3-4,10-11H,5-9H2,1-2H3/t10-,11-/m0/s1. The number of nitrogens with zero attached hydrogens (tertiary/aromatic N) is 4. The summed E-state index contributed by atoms with van der Waals surface area (Å²) in [4.78, 5) is 24.9. The molecule has 1 saturated carbocycles. The Morgan fingerprint density at radius 1 is 1.35 bits per heavy atom. The minimum atomic E-state index is 0.273. The number of aromatic nitrogens is 2. The van der Waals surface area contributed by atoms with Gasteiger partial charge in [-0.15, -0.1) is 0 Å². The van der Waals surface area contributed by atoms with Crippen LogP contribution in [0.1, 0.15) is 13.3 Å². The number of carbonyl (C=O) groups excluding carboxylic acids is 1. The molecule has 0 spiro atoms. The summed E-state index contributed by atoms with van der Waals surface area (Å²) >= 11 is 0. The van der Waals surface area contributed by atoms with Crippen LogP contribution in [0.2, 0.25) is 0 Å². The molecule has 1 amide bonds. The molecule has 2 fully saturated rings. The summed E-state index contributed by atoms with van der Waals surface area (Å²) in [7, 11) is 1.60. The second kappa shape index (κ2) is 5.26. The number of ether oxygens (including phenoxy) is 1.